The predicted molar refractivity (Wildman–Crippen MR) is 101 cm³/mol. The number of carbonyl (C=O) groups is 2. The van der Waals surface area contributed by atoms with E-state index < -0.39 is 28.9 Å². The summed E-state index contributed by atoms with van der Waals surface area (Å²) in [4.78, 5) is 34.4. The molecule has 0 aliphatic rings. The number of nitrogens with one attached hydrogen (secondary N) is 1. The number of nitro groups is 1. The van der Waals surface area contributed by atoms with Crippen LogP contribution in [0, 0.1) is 10.1 Å². The van der Waals surface area contributed by atoms with Crippen molar-refractivity contribution in [3.8, 4) is 0 Å². The number of halogens is 2. The summed E-state index contributed by atoms with van der Waals surface area (Å²) in [6.45, 7) is 3.16. The molecular formula is C18H16Cl2N2O5. The Labute approximate surface area is 165 Å². The van der Waals surface area contributed by atoms with Gasteiger partial charge in [-0.2, -0.15) is 0 Å². The summed E-state index contributed by atoms with van der Waals surface area (Å²) in [5, 5.41) is 14.2. The normalized spacial score (nSPS) is 12.7. The second kappa shape index (κ2) is 8.83. The van der Waals surface area contributed by atoms with Crippen molar-refractivity contribution in [2.24, 2.45) is 0 Å². The second-order valence-corrected chi connectivity index (χ2v) is 6.59. The molecule has 1 N–H and O–H groups in total. The summed E-state index contributed by atoms with van der Waals surface area (Å²) < 4.78 is 5.11. The highest BCUT2D eigenvalue weighted by Crippen LogP contribution is 2.26. The number of esters is 1. The van der Waals surface area contributed by atoms with Gasteiger partial charge in [-0.05, 0) is 43.7 Å². The topological polar surface area (TPSA) is 98.5 Å². The van der Waals surface area contributed by atoms with Crippen molar-refractivity contribution in [3.05, 3.63) is 73.8 Å². The van der Waals surface area contributed by atoms with Crippen LogP contribution in [0.5, 0.6) is 0 Å². The SMILES string of the molecule is C[C@H](OC(=O)c1ccc([N+](=O)[O-])cc1)C(=O)N[C@@H](C)c1ccc(Cl)cc1Cl. The van der Waals surface area contributed by atoms with Crippen molar-refractivity contribution >= 4 is 40.8 Å². The molecule has 27 heavy (non-hydrogen) atoms. The van der Waals surface area contributed by atoms with E-state index >= 15 is 0 Å². The Bertz CT molecular complexity index is 871. The maximum absolute atomic E-state index is 12.3. The molecule has 0 radical (unpaired) electrons. The van der Waals surface area contributed by atoms with Gasteiger partial charge >= 0.3 is 5.97 Å². The maximum atomic E-state index is 12.3. The quantitative estimate of drug-likeness (QED) is 0.434. The Morgan fingerprint density at radius 2 is 1.74 bits per heavy atom. The van der Waals surface area contributed by atoms with Gasteiger partial charge in [0.05, 0.1) is 16.5 Å². The van der Waals surface area contributed by atoms with E-state index in [1.54, 1.807) is 25.1 Å². The van der Waals surface area contributed by atoms with E-state index in [9.17, 15) is 19.7 Å². The van der Waals surface area contributed by atoms with Crippen LogP contribution >= 0.6 is 23.2 Å². The minimum absolute atomic E-state index is 0.106. The average molecular weight is 411 g/mol. The van der Waals surface area contributed by atoms with Gasteiger partial charge in [0.1, 0.15) is 0 Å². The van der Waals surface area contributed by atoms with Crippen molar-refractivity contribution in [3.63, 3.8) is 0 Å². The monoisotopic (exact) mass is 410 g/mol. The minimum Gasteiger partial charge on any atom is -0.449 e. The zero-order chi connectivity index (χ0) is 20.1. The zero-order valence-electron chi connectivity index (χ0n) is 14.4. The molecule has 0 saturated heterocycles. The molecule has 0 unspecified atom stereocenters. The Morgan fingerprint density at radius 3 is 2.30 bits per heavy atom. The lowest BCUT2D eigenvalue weighted by Crippen LogP contribution is -2.37. The highest BCUT2D eigenvalue weighted by atomic mass is 35.5. The molecular weight excluding hydrogens is 395 g/mol. The van der Waals surface area contributed by atoms with Gasteiger partial charge in [0.25, 0.3) is 11.6 Å². The molecule has 0 aliphatic heterocycles. The van der Waals surface area contributed by atoms with Gasteiger partial charge in [0.2, 0.25) is 0 Å². The van der Waals surface area contributed by atoms with Gasteiger partial charge in [-0.15, -0.1) is 0 Å². The molecule has 2 atom stereocenters. The van der Waals surface area contributed by atoms with Gasteiger partial charge in [0.15, 0.2) is 6.10 Å². The molecule has 9 heteroatoms. The smallest absolute Gasteiger partial charge is 0.338 e. The number of benzene rings is 2. The van der Waals surface area contributed by atoms with Crippen LogP contribution in [0.4, 0.5) is 5.69 Å². The van der Waals surface area contributed by atoms with Crippen LogP contribution in [-0.2, 0) is 9.53 Å². The van der Waals surface area contributed by atoms with Crippen molar-refractivity contribution in [2.75, 3.05) is 0 Å². The Morgan fingerprint density at radius 1 is 1.11 bits per heavy atom. The van der Waals surface area contributed by atoms with E-state index in [0.717, 1.165) is 0 Å². The molecule has 2 rings (SSSR count). The molecule has 2 aromatic carbocycles. The number of amides is 1. The molecule has 0 bridgehead atoms. The number of ether oxygens (including phenoxy) is 1. The lowest BCUT2D eigenvalue weighted by molar-refractivity contribution is -0.384. The first-order valence-electron chi connectivity index (χ1n) is 7.89. The standard InChI is InChI=1S/C18H16Cl2N2O5/c1-10(15-8-5-13(19)9-16(15)20)21-17(23)11(2)27-18(24)12-3-6-14(7-4-12)22(25)26/h3-11H,1-2H3,(H,21,23)/t10-,11-/m0/s1. The maximum Gasteiger partial charge on any atom is 0.338 e. The van der Waals surface area contributed by atoms with Crippen LogP contribution in [-0.4, -0.2) is 22.9 Å². The first-order valence-corrected chi connectivity index (χ1v) is 8.65. The van der Waals surface area contributed by atoms with E-state index in [1.807, 2.05) is 0 Å². The average Bonchev–Trinajstić information content (AvgIpc) is 2.61. The largest absolute Gasteiger partial charge is 0.449 e. The summed E-state index contributed by atoms with van der Waals surface area (Å²) in [7, 11) is 0. The van der Waals surface area contributed by atoms with Crippen molar-refractivity contribution in [1.29, 1.82) is 0 Å². The second-order valence-electron chi connectivity index (χ2n) is 5.75. The highest BCUT2D eigenvalue weighted by Gasteiger charge is 2.22. The van der Waals surface area contributed by atoms with Crippen molar-refractivity contribution in [1.82, 2.24) is 5.32 Å². The molecule has 1 amide bonds. The molecule has 142 valence electrons. The number of nitrogens with zero attached hydrogens (tertiary/aromatic N) is 1. The van der Waals surface area contributed by atoms with Crippen LogP contribution in [0.25, 0.3) is 0 Å². The van der Waals surface area contributed by atoms with E-state index in [0.29, 0.717) is 15.6 Å². The molecule has 2 aromatic rings. The van der Waals surface area contributed by atoms with Gasteiger partial charge in [-0.1, -0.05) is 29.3 Å². The molecule has 0 fully saturated rings. The molecule has 7 nitrogen and oxygen atoms in total. The first kappa shape index (κ1) is 20.7. The number of rotatable bonds is 6. The summed E-state index contributed by atoms with van der Waals surface area (Å²) in [5.41, 5.74) is 0.628. The van der Waals surface area contributed by atoms with Gasteiger partial charge in [0, 0.05) is 22.2 Å². The van der Waals surface area contributed by atoms with E-state index in [1.165, 1.54) is 31.2 Å². The lowest BCUT2D eigenvalue weighted by atomic mass is 10.1. The van der Waals surface area contributed by atoms with E-state index in [2.05, 4.69) is 5.32 Å². The number of non-ortho nitro benzene ring substituents is 1. The molecule has 0 aliphatic carbocycles. The summed E-state index contributed by atoms with van der Waals surface area (Å²) >= 11 is 12.0. The van der Waals surface area contributed by atoms with Gasteiger partial charge in [-0.3, -0.25) is 14.9 Å². The fraction of sp³-hybridized carbons (Fsp3) is 0.222. The summed E-state index contributed by atoms with van der Waals surface area (Å²) in [5.74, 6) is -1.27. The van der Waals surface area contributed by atoms with Crippen LogP contribution < -0.4 is 5.32 Å². The number of hydrogen-bond donors (Lipinski definition) is 1. The number of carbonyl (C=O) groups excluding carboxylic acids is 2. The van der Waals surface area contributed by atoms with Crippen LogP contribution in [0.2, 0.25) is 10.0 Å². The molecule has 0 spiro atoms. The number of hydrogen-bond acceptors (Lipinski definition) is 5. The fourth-order valence-electron chi connectivity index (χ4n) is 2.26. The molecule has 0 aromatic heterocycles. The summed E-state index contributed by atoms with van der Waals surface area (Å²) in [6.07, 6.45) is -1.07. The predicted octanol–water partition coefficient (Wildman–Crippen LogP) is 4.32. The van der Waals surface area contributed by atoms with Gasteiger partial charge < -0.3 is 10.1 Å². The third-order valence-electron chi connectivity index (χ3n) is 3.75. The first-order chi connectivity index (χ1) is 12.7. The van der Waals surface area contributed by atoms with Gasteiger partial charge in [-0.25, -0.2) is 4.79 Å². The van der Waals surface area contributed by atoms with Crippen molar-refractivity contribution in [2.45, 2.75) is 26.0 Å². The van der Waals surface area contributed by atoms with Crippen LogP contribution in [0.15, 0.2) is 42.5 Å². The van der Waals surface area contributed by atoms with E-state index in [4.69, 9.17) is 27.9 Å². The van der Waals surface area contributed by atoms with E-state index in [-0.39, 0.29) is 11.3 Å². The Kier molecular flexibility index (Phi) is 6.76. The molecule has 0 heterocycles. The Balaban J connectivity index is 1.98. The Hall–Kier alpha value is -2.64. The van der Waals surface area contributed by atoms with Crippen molar-refractivity contribution < 1.29 is 19.2 Å². The lowest BCUT2D eigenvalue weighted by Gasteiger charge is -2.19. The minimum atomic E-state index is -1.07. The third-order valence-corrected chi connectivity index (χ3v) is 4.32. The fourth-order valence-corrected chi connectivity index (χ4v) is 2.83. The van der Waals surface area contributed by atoms with Crippen LogP contribution in [0.3, 0.4) is 0 Å². The third kappa shape index (κ3) is 5.42. The summed E-state index contributed by atoms with van der Waals surface area (Å²) in [6, 6.07) is 9.40. The van der Waals surface area contributed by atoms with Crippen LogP contribution in [0.1, 0.15) is 35.8 Å². The molecule has 0 saturated carbocycles. The zero-order valence-corrected chi connectivity index (χ0v) is 16.0. The highest BCUT2D eigenvalue weighted by molar-refractivity contribution is 6.35. The number of nitro benzene ring substituents is 1.